The van der Waals surface area contributed by atoms with Crippen LogP contribution in [0.5, 0.6) is 5.88 Å². The van der Waals surface area contributed by atoms with Crippen LogP contribution in [0.15, 0.2) is 30.3 Å². The molecular weight excluding hydrogens is 301 g/mol. The number of amides is 1. The summed E-state index contributed by atoms with van der Waals surface area (Å²) in [5.74, 6) is 0.170. The van der Waals surface area contributed by atoms with Crippen LogP contribution in [0, 0.1) is 5.82 Å². The average Bonchev–Trinajstić information content (AvgIpc) is 2.50. The summed E-state index contributed by atoms with van der Waals surface area (Å²) in [5.41, 5.74) is 7.84. The Hall–Kier alpha value is -2.83. The second-order valence-corrected chi connectivity index (χ2v) is 5.47. The molecule has 3 N–H and O–H groups in total. The van der Waals surface area contributed by atoms with E-state index in [4.69, 9.17) is 10.5 Å². The molecule has 0 saturated carbocycles. The quantitative estimate of drug-likeness (QED) is 0.889. The molecule has 1 aromatic carbocycles. The average molecular weight is 317 g/mol. The number of rotatable bonds is 2. The molecule has 0 bridgehead atoms. The predicted octanol–water partition coefficient (Wildman–Crippen LogP) is 2.66. The topological polar surface area (TPSA) is 88.7 Å². The van der Waals surface area contributed by atoms with Crippen molar-refractivity contribution in [2.45, 2.75) is 19.4 Å². The molecule has 0 fully saturated rings. The maximum atomic E-state index is 13.0. The zero-order valence-corrected chi connectivity index (χ0v) is 12.5. The fourth-order valence-electron chi connectivity index (χ4n) is 2.58. The van der Waals surface area contributed by atoms with E-state index < -0.39 is 6.09 Å². The summed E-state index contributed by atoms with van der Waals surface area (Å²) >= 11 is 0. The van der Waals surface area contributed by atoms with Gasteiger partial charge in [-0.3, -0.25) is 4.90 Å². The van der Waals surface area contributed by atoms with Crippen LogP contribution in [0.3, 0.4) is 0 Å². The zero-order valence-electron chi connectivity index (χ0n) is 12.5. The van der Waals surface area contributed by atoms with Crippen LogP contribution in [0.2, 0.25) is 0 Å². The smallest absolute Gasteiger partial charge is 0.412 e. The second-order valence-electron chi connectivity index (χ2n) is 5.47. The third-order valence-electron chi connectivity index (χ3n) is 3.76. The Morgan fingerprint density at radius 3 is 2.83 bits per heavy atom. The van der Waals surface area contributed by atoms with Gasteiger partial charge in [-0.05, 0) is 30.7 Å². The lowest BCUT2D eigenvalue weighted by molar-refractivity contribution is 0.188. The molecule has 0 spiro atoms. The maximum Gasteiger partial charge on any atom is 0.412 e. The highest BCUT2D eigenvalue weighted by Crippen LogP contribution is 2.35. The van der Waals surface area contributed by atoms with Crippen LogP contribution >= 0.6 is 0 Å². The minimum absolute atomic E-state index is 0.214. The Kier molecular flexibility index (Phi) is 3.77. The minimum Gasteiger partial charge on any atom is -0.474 e. The molecule has 1 aromatic heterocycles. The molecule has 1 atom stereocenters. The molecule has 120 valence electrons. The van der Waals surface area contributed by atoms with Gasteiger partial charge in [0, 0.05) is 12.0 Å². The van der Waals surface area contributed by atoms with Crippen molar-refractivity contribution in [3.05, 3.63) is 47.3 Å². The lowest BCUT2D eigenvalue weighted by Crippen LogP contribution is -2.44. The summed E-state index contributed by atoms with van der Waals surface area (Å²) in [6.07, 6.45) is -0.643. The third-order valence-corrected chi connectivity index (χ3v) is 3.76. The highest BCUT2D eigenvalue weighted by Gasteiger charge is 2.31. The van der Waals surface area contributed by atoms with Crippen molar-refractivity contribution in [2.75, 3.05) is 17.2 Å². The van der Waals surface area contributed by atoms with Crippen molar-refractivity contribution < 1.29 is 19.0 Å². The summed E-state index contributed by atoms with van der Waals surface area (Å²) < 4.78 is 18.5. The largest absolute Gasteiger partial charge is 0.474 e. The number of pyridine rings is 1. The first-order valence-electron chi connectivity index (χ1n) is 7.14. The van der Waals surface area contributed by atoms with Gasteiger partial charge in [0.2, 0.25) is 5.88 Å². The summed E-state index contributed by atoms with van der Waals surface area (Å²) in [7, 11) is 0. The fraction of sp³-hybridized carbons (Fsp3) is 0.250. The van der Waals surface area contributed by atoms with Crippen LogP contribution in [0.4, 0.5) is 20.7 Å². The van der Waals surface area contributed by atoms with Crippen molar-refractivity contribution in [3.63, 3.8) is 0 Å². The Morgan fingerprint density at radius 1 is 1.48 bits per heavy atom. The van der Waals surface area contributed by atoms with Gasteiger partial charge < -0.3 is 15.6 Å². The van der Waals surface area contributed by atoms with Crippen molar-refractivity contribution in [1.29, 1.82) is 0 Å². The summed E-state index contributed by atoms with van der Waals surface area (Å²) in [4.78, 5) is 16.9. The summed E-state index contributed by atoms with van der Waals surface area (Å²) in [6, 6.07) is 7.40. The van der Waals surface area contributed by atoms with Crippen LogP contribution in [0.1, 0.15) is 18.1 Å². The Labute approximate surface area is 132 Å². The van der Waals surface area contributed by atoms with Gasteiger partial charge >= 0.3 is 6.09 Å². The number of anilines is 2. The van der Waals surface area contributed by atoms with Crippen molar-refractivity contribution in [3.8, 4) is 5.88 Å². The Balaban J connectivity index is 1.99. The molecule has 1 aliphatic heterocycles. The number of aromatic nitrogens is 1. The van der Waals surface area contributed by atoms with E-state index in [-0.39, 0.29) is 30.2 Å². The first kappa shape index (κ1) is 15.1. The maximum absolute atomic E-state index is 13.0. The van der Waals surface area contributed by atoms with Gasteiger partial charge in [0.1, 0.15) is 23.9 Å². The van der Waals surface area contributed by atoms with Gasteiger partial charge in [0.15, 0.2) is 0 Å². The number of carbonyl (C=O) groups is 1. The van der Waals surface area contributed by atoms with Crippen molar-refractivity contribution in [1.82, 2.24) is 4.98 Å². The standard InChI is InChI=1S/C16H16FN3O3/c1-9-8-23-15-13(20(9)16(21)22)7-11(14(18)19-15)6-10-2-4-12(17)5-3-10/h2-5,7,9H,6,8H2,1H3,(H2,18,19)(H,21,22). The molecule has 3 rings (SSSR count). The van der Waals surface area contributed by atoms with Crippen LogP contribution < -0.4 is 15.4 Å². The molecule has 7 heteroatoms. The molecule has 0 aliphatic carbocycles. The third kappa shape index (κ3) is 2.90. The molecule has 2 heterocycles. The van der Waals surface area contributed by atoms with E-state index in [0.717, 1.165) is 5.56 Å². The molecule has 0 radical (unpaired) electrons. The molecule has 6 nitrogen and oxygen atoms in total. The Morgan fingerprint density at radius 2 is 2.17 bits per heavy atom. The lowest BCUT2D eigenvalue weighted by Gasteiger charge is -2.32. The predicted molar refractivity (Wildman–Crippen MR) is 83.3 cm³/mol. The van der Waals surface area contributed by atoms with Crippen molar-refractivity contribution >= 4 is 17.6 Å². The van der Waals surface area contributed by atoms with Gasteiger partial charge in [-0.2, -0.15) is 4.98 Å². The molecule has 23 heavy (non-hydrogen) atoms. The van der Waals surface area contributed by atoms with E-state index in [1.807, 2.05) is 0 Å². The molecule has 1 amide bonds. The second kappa shape index (κ2) is 5.75. The zero-order chi connectivity index (χ0) is 16.6. The molecule has 1 aliphatic rings. The molecular formula is C16H16FN3O3. The minimum atomic E-state index is -1.07. The fourth-order valence-corrected chi connectivity index (χ4v) is 2.58. The lowest BCUT2D eigenvalue weighted by atomic mass is 10.0. The number of carboxylic acid groups (broad SMARTS) is 1. The van der Waals surface area contributed by atoms with Gasteiger partial charge in [-0.15, -0.1) is 0 Å². The SMILES string of the molecule is CC1COc2nc(N)c(Cc3ccc(F)cc3)cc2N1C(=O)O. The van der Waals surface area contributed by atoms with E-state index in [1.54, 1.807) is 25.1 Å². The normalized spacial score (nSPS) is 16.6. The Bertz CT molecular complexity index is 749. The summed E-state index contributed by atoms with van der Waals surface area (Å²) in [5, 5.41) is 9.41. The summed E-state index contributed by atoms with van der Waals surface area (Å²) in [6.45, 7) is 1.98. The highest BCUT2D eigenvalue weighted by atomic mass is 19.1. The number of hydrogen-bond acceptors (Lipinski definition) is 4. The highest BCUT2D eigenvalue weighted by molar-refractivity contribution is 5.89. The van der Waals surface area contributed by atoms with Gasteiger partial charge in [0.25, 0.3) is 0 Å². The van der Waals surface area contributed by atoms with Gasteiger partial charge in [0.05, 0.1) is 6.04 Å². The number of fused-ring (bicyclic) bond motifs is 1. The van der Waals surface area contributed by atoms with E-state index >= 15 is 0 Å². The van der Waals surface area contributed by atoms with Gasteiger partial charge in [-0.25, -0.2) is 9.18 Å². The monoisotopic (exact) mass is 317 g/mol. The van der Waals surface area contributed by atoms with E-state index in [9.17, 15) is 14.3 Å². The number of benzene rings is 1. The van der Waals surface area contributed by atoms with E-state index in [1.165, 1.54) is 17.0 Å². The number of nitrogen functional groups attached to an aromatic ring is 1. The van der Waals surface area contributed by atoms with Crippen LogP contribution in [-0.2, 0) is 6.42 Å². The number of nitrogens with zero attached hydrogens (tertiary/aromatic N) is 2. The number of halogens is 1. The molecule has 1 unspecified atom stereocenters. The van der Waals surface area contributed by atoms with Gasteiger partial charge in [-0.1, -0.05) is 12.1 Å². The number of nitrogens with two attached hydrogens (primary N) is 1. The number of hydrogen-bond donors (Lipinski definition) is 2. The van der Waals surface area contributed by atoms with E-state index in [0.29, 0.717) is 17.7 Å². The first-order chi connectivity index (χ1) is 11.0. The van der Waals surface area contributed by atoms with Crippen LogP contribution in [0.25, 0.3) is 0 Å². The van der Waals surface area contributed by atoms with Crippen LogP contribution in [-0.4, -0.2) is 28.8 Å². The number of ether oxygens (including phenoxy) is 1. The van der Waals surface area contributed by atoms with Crippen molar-refractivity contribution in [2.24, 2.45) is 0 Å². The van der Waals surface area contributed by atoms with E-state index in [2.05, 4.69) is 4.98 Å². The molecule has 0 saturated heterocycles. The first-order valence-corrected chi connectivity index (χ1v) is 7.14. The molecule has 2 aromatic rings.